The van der Waals surface area contributed by atoms with Crippen LogP contribution in [0.5, 0.6) is 0 Å². The van der Waals surface area contributed by atoms with Crippen molar-refractivity contribution < 1.29 is 4.79 Å². The minimum atomic E-state index is -0.369. The fourth-order valence-electron chi connectivity index (χ4n) is 3.48. The number of aromatic nitrogens is 3. The molecular formula is C19H19BrN4O2. The third-order valence-electron chi connectivity index (χ3n) is 4.69. The molecule has 1 aliphatic rings. The zero-order valence-electron chi connectivity index (χ0n) is 14.7. The molecule has 2 aromatic heterocycles. The van der Waals surface area contributed by atoms with Crippen molar-refractivity contribution in [1.29, 1.82) is 0 Å². The van der Waals surface area contributed by atoms with E-state index in [2.05, 4.69) is 32.7 Å². The summed E-state index contributed by atoms with van der Waals surface area (Å²) in [6, 6.07) is 9.43. The number of carbonyl (C=O) groups is 1. The van der Waals surface area contributed by atoms with E-state index >= 15 is 0 Å². The lowest BCUT2D eigenvalue weighted by Gasteiger charge is -2.28. The Balaban J connectivity index is 2.07. The van der Waals surface area contributed by atoms with Crippen molar-refractivity contribution in [2.24, 2.45) is 0 Å². The number of halogens is 1. The van der Waals surface area contributed by atoms with Gasteiger partial charge in [-0.2, -0.15) is 0 Å². The molecule has 0 N–H and O–H groups in total. The van der Waals surface area contributed by atoms with E-state index in [4.69, 9.17) is 0 Å². The van der Waals surface area contributed by atoms with Gasteiger partial charge in [0.2, 0.25) is 0 Å². The number of anilines is 1. The van der Waals surface area contributed by atoms with Crippen molar-refractivity contribution in [3.8, 4) is 5.69 Å². The Bertz CT molecular complexity index is 1080. The second-order valence-electron chi connectivity index (χ2n) is 6.53. The molecule has 7 heteroatoms. The Morgan fingerprint density at radius 2 is 1.92 bits per heavy atom. The maximum absolute atomic E-state index is 13.1. The van der Waals surface area contributed by atoms with Crippen LogP contribution in [-0.2, 0) is 0 Å². The van der Waals surface area contributed by atoms with Gasteiger partial charge >= 0.3 is 5.69 Å². The van der Waals surface area contributed by atoms with Gasteiger partial charge in [0.25, 0.3) is 5.91 Å². The van der Waals surface area contributed by atoms with Gasteiger partial charge in [-0.3, -0.25) is 4.79 Å². The number of hydrogen-bond donors (Lipinski definition) is 0. The largest absolute Gasteiger partial charge is 0.360 e. The summed E-state index contributed by atoms with van der Waals surface area (Å²) in [5.41, 5.74) is 3.16. The molecule has 3 heterocycles. The second-order valence-corrected chi connectivity index (χ2v) is 7.38. The third kappa shape index (κ3) is 2.49. The fourth-order valence-corrected chi connectivity index (χ4v) is 3.94. The Kier molecular flexibility index (Phi) is 4.19. The molecule has 0 bridgehead atoms. The van der Waals surface area contributed by atoms with Gasteiger partial charge in [-0.1, -0.05) is 25.5 Å². The normalized spacial score (nSPS) is 13.7. The fraction of sp³-hybridized carbons (Fsp3) is 0.316. The van der Waals surface area contributed by atoms with Gasteiger partial charge in [-0.05, 0) is 47.5 Å². The van der Waals surface area contributed by atoms with Crippen LogP contribution >= 0.6 is 15.9 Å². The monoisotopic (exact) mass is 414 g/mol. The summed E-state index contributed by atoms with van der Waals surface area (Å²) < 4.78 is 3.58. The number of aryl methyl sites for hydroxylation is 1. The Morgan fingerprint density at radius 3 is 2.65 bits per heavy atom. The summed E-state index contributed by atoms with van der Waals surface area (Å²) in [5, 5.41) is 0. The van der Waals surface area contributed by atoms with Gasteiger partial charge in [-0.15, -0.1) is 0 Å². The van der Waals surface area contributed by atoms with Crippen LogP contribution in [-0.4, -0.2) is 33.1 Å². The molecule has 3 aromatic rings. The zero-order valence-corrected chi connectivity index (χ0v) is 16.3. The van der Waals surface area contributed by atoms with E-state index in [1.54, 1.807) is 0 Å². The number of nitrogens with zero attached hydrogens (tertiary/aromatic N) is 4. The first kappa shape index (κ1) is 17.0. The summed E-state index contributed by atoms with van der Waals surface area (Å²) in [6.45, 7) is 5.04. The highest BCUT2D eigenvalue weighted by Crippen LogP contribution is 2.32. The summed E-state index contributed by atoms with van der Waals surface area (Å²) in [5.74, 6) is -0.208. The van der Waals surface area contributed by atoms with Crippen molar-refractivity contribution in [3.05, 3.63) is 51.0 Å². The smallest absolute Gasteiger partial charge is 0.342 e. The van der Waals surface area contributed by atoms with Gasteiger partial charge in [0.05, 0.1) is 17.9 Å². The number of carbonyl (C=O) groups excluding carboxylic acids is 1. The van der Waals surface area contributed by atoms with Crippen LogP contribution in [0.25, 0.3) is 16.9 Å². The van der Waals surface area contributed by atoms with Crippen molar-refractivity contribution in [1.82, 2.24) is 14.1 Å². The highest BCUT2D eigenvalue weighted by molar-refractivity contribution is 9.10. The van der Waals surface area contributed by atoms with Crippen molar-refractivity contribution in [3.63, 3.8) is 0 Å². The van der Waals surface area contributed by atoms with Crippen LogP contribution in [0.4, 0.5) is 5.69 Å². The molecule has 1 aromatic carbocycles. The topological polar surface area (TPSA) is 60.1 Å². The van der Waals surface area contributed by atoms with E-state index in [0.29, 0.717) is 16.9 Å². The zero-order chi connectivity index (χ0) is 18.4. The van der Waals surface area contributed by atoms with E-state index in [-0.39, 0.29) is 18.1 Å². The number of rotatable bonds is 4. The molecule has 134 valence electrons. The van der Waals surface area contributed by atoms with Crippen LogP contribution in [0.2, 0.25) is 0 Å². The molecule has 6 nitrogen and oxygen atoms in total. The highest BCUT2D eigenvalue weighted by atomic mass is 79.9. The molecule has 0 radical (unpaired) electrons. The first-order valence-corrected chi connectivity index (χ1v) is 9.50. The number of imidazole rings is 1. The number of pyridine rings is 1. The molecule has 4 rings (SSSR count). The average molecular weight is 415 g/mol. The maximum Gasteiger partial charge on any atom is 0.342 e. The van der Waals surface area contributed by atoms with Crippen LogP contribution in [0.15, 0.2) is 39.6 Å². The van der Waals surface area contributed by atoms with Gasteiger partial charge in [0.1, 0.15) is 5.52 Å². The molecule has 0 aliphatic carbocycles. The molecule has 0 fully saturated rings. The molecule has 1 aliphatic heterocycles. The van der Waals surface area contributed by atoms with Crippen molar-refractivity contribution in [2.75, 3.05) is 18.0 Å². The lowest BCUT2D eigenvalue weighted by molar-refractivity contribution is 0.0917. The first-order valence-electron chi connectivity index (χ1n) is 8.71. The lowest BCUT2D eigenvalue weighted by atomic mass is 10.2. The molecule has 0 atom stereocenters. The quantitative estimate of drug-likeness (QED) is 0.655. The Labute approximate surface area is 159 Å². The van der Waals surface area contributed by atoms with Gasteiger partial charge in [0, 0.05) is 16.7 Å². The van der Waals surface area contributed by atoms with Crippen LogP contribution in [0.1, 0.15) is 30.3 Å². The lowest BCUT2D eigenvalue weighted by Crippen LogP contribution is -2.41. The summed E-state index contributed by atoms with van der Waals surface area (Å²) in [6.07, 6.45) is 2.04. The molecule has 0 saturated heterocycles. The molecule has 0 amide bonds. The van der Waals surface area contributed by atoms with Gasteiger partial charge in [0.15, 0.2) is 5.65 Å². The summed E-state index contributed by atoms with van der Waals surface area (Å²) >= 11 is 3.51. The number of unbranched alkanes of at least 4 members (excludes halogenated alkanes) is 1. The van der Waals surface area contributed by atoms with Crippen LogP contribution in [0, 0.1) is 6.92 Å². The third-order valence-corrected chi connectivity index (χ3v) is 5.36. The highest BCUT2D eigenvalue weighted by Gasteiger charge is 2.31. The minimum absolute atomic E-state index is 0.208. The van der Waals surface area contributed by atoms with E-state index < -0.39 is 0 Å². The number of benzene rings is 1. The predicted octanol–water partition coefficient (Wildman–Crippen LogP) is 3.52. The van der Waals surface area contributed by atoms with Crippen molar-refractivity contribution >= 4 is 38.7 Å². The van der Waals surface area contributed by atoms with E-state index in [9.17, 15) is 9.59 Å². The van der Waals surface area contributed by atoms with E-state index in [1.807, 2.05) is 37.3 Å². The Morgan fingerprint density at radius 1 is 1.15 bits per heavy atom. The van der Waals surface area contributed by atoms with E-state index in [0.717, 1.165) is 35.2 Å². The van der Waals surface area contributed by atoms with Gasteiger partial charge < -0.3 is 4.90 Å². The average Bonchev–Trinajstić information content (AvgIpc) is 2.90. The van der Waals surface area contributed by atoms with Crippen LogP contribution < -0.4 is 10.6 Å². The predicted molar refractivity (Wildman–Crippen MR) is 106 cm³/mol. The molecular weight excluding hydrogens is 396 g/mol. The van der Waals surface area contributed by atoms with Crippen LogP contribution in [0.3, 0.4) is 0 Å². The minimum Gasteiger partial charge on any atom is -0.360 e. The molecule has 0 unspecified atom stereocenters. The number of hydrogen-bond acceptors (Lipinski definition) is 4. The van der Waals surface area contributed by atoms with E-state index in [1.165, 1.54) is 9.13 Å². The molecule has 0 saturated carbocycles. The van der Waals surface area contributed by atoms with Crippen molar-refractivity contribution in [2.45, 2.75) is 26.7 Å². The summed E-state index contributed by atoms with van der Waals surface area (Å²) in [4.78, 5) is 32.5. The Hall–Kier alpha value is -2.41. The molecule has 0 spiro atoms. The second kappa shape index (κ2) is 6.39. The maximum atomic E-state index is 13.1. The standard InChI is InChI=1S/C19H19BrN4O2/c1-3-4-9-22-11-16(25)24-17-15(22)10-12(2)21-18(17)23(19(24)26)14-8-6-5-7-13(14)20/h5-8,10H,3-4,9,11H2,1-2H3. The molecule has 26 heavy (non-hydrogen) atoms. The van der Waals surface area contributed by atoms with Gasteiger partial charge in [-0.25, -0.2) is 18.9 Å². The SMILES string of the molecule is CCCCN1CC(=O)n2c(=O)n(-c3ccccc3Br)c3nc(C)cc1c32. The number of para-hydroxylation sites is 1. The summed E-state index contributed by atoms with van der Waals surface area (Å²) in [7, 11) is 0. The first-order chi connectivity index (χ1) is 12.5.